The minimum Gasteiger partial charge on any atom is -0.454 e. The summed E-state index contributed by atoms with van der Waals surface area (Å²) < 4.78 is 32.8. The van der Waals surface area contributed by atoms with Crippen LogP contribution in [-0.2, 0) is 14.8 Å². The van der Waals surface area contributed by atoms with Crippen molar-refractivity contribution in [1.29, 1.82) is 0 Å². The fourth-order valence-corrected chi connectivity index (χ4v) is 2.82. The Kier molecular flexibility index (Phi) is 3.23. The fourth-order valence-electron chi connectivity index (χ4n) is 1.85. The first kappa shape index (κ1) is 12.5. The fraction of sp³-hybridized carbons (Fsp3) is 0.455. The largest absolute Gasteiger partial charge is 0.454 e. The molecule has 1 aliphatic rings. The van der Waals surface area contributed by atoms with Crippen LogP contribution < -0.4 is 9.47 Å². The molecule has 0 amide bonds. The molecule has 0 N–H and O–H groups in total. The molecule has 0 fully saturated rings. The lowest BCUT2D eigenvalue weighted by molar-refractivity contribution is 0.174. The van der Waals surface area contributed by atoms with E-state index in [0.717, 1.165) is 5.56 Å². The van der Waals surface area contributed by atoms with E-state index < -0.39 is 9.05 Å². The van der Waals surface area contributed by atoms with Gasteiger partial charge in [-0.25, -0.2) is 8.42 Å². The molecule has 0 spiro atoms. The topological polar surface area (TPSA) is 52.6 Å². The number of ether oxygens (including phenoxy) is 2. The van der Waals surface area contributed by atoms with Gasteiger partial charge in [0, 0.05) is 10.7 Å². The van der Waals surface area contributed by atoms with Crippen molar-refractivity contribution >= 4 is 19.7 Å². The molecule has 0 saturated carbocycles. The van der Waals surface area contributed by atoms with Crippen molar-refractivity contribution in [2.45, 2.75) is 25.5 Å². The van der Waals surface area contributed by atoms with Crippen LogP contribution in [0.4, 0.5) is 0 Å². The van der Waals surface area contributed by atoms with Crippen molar-refractivity contribution in [3.8, 4) is 11.5 Å². The van der Waals surface area contributed by atoms with E-state index in [9.17, 15) is 8.42 Å². The van der Waals surface area contributed by atoms with E-state index in [2.05, 4.69) is 0 Å². The van der Waals surface area contributed by atoms with E-state index in [-0.39, 0.29) is 18.5 Å². The highest BCUT2D eigenvalue weighted by Gasteiger charge is 2.21. The second-order valence-corrected chi connectivity index (χ2v) is 7.02. The molecule has 17 heavy (non-hydrogen) atoms. The summed E-state index contributed by atoms with van der Waals surface area (Å²) in [4.78, 5) is 0. The standard InChI is InChI=1S/C11H13ClO4S/c1-7(2)9-4-11-10(15-6-16-11)3-8(9)5-17(12,13)14/h3-4,7H,5-6H2,1-2H3. The second-order valence-electron chi connectivity index (χ2n) is 4.24. The van der Waals surface area contributed by atoms with Gasteiger partial charge in [0.1, 0.15) is 0 Å². The van der Waals surface area contributed by atoms with Gasteiger partial charge >= 0.3 is 0 Å². The Bertz CT molecular complexity index is 537. The molecule has 1 heterocycles. The monoisotopic (exact) mass is 276 g/mol. The lowest BCUT2D eigenvalue weighted by atomic mass is 9.97. The van der Waals surface area contributed by atoms with Gasteiger partial charge in [-0.1, -0.05) is 13.8 Å². The van der Waals surface area contributed by atoms with Crippen LogP contribution in [-0.4, -0.2) is 15.2 Å². The predicted octanol–water partition coefficient (Wildman–Crippen LogP) is 2.61. The average Bonchev–Trinajstić information content (AvgIpc) is 2.60. The molecule has 0 atom stereocenters. The number of fused-ring (bicyclic) bond motifs is 1. The van der Waals surface area contributed by atoms with E-state index in [0.29, 0.717) is 17.1 Å². The van der Waals surface area contributed by atoms with E-state index in [4.69, 9.17) is 20.2 Å². The first-order chi connectivity index (χ1) is 7.87. The Labute approximate surface area is 105 Å². The van der Waals surface area contributed by atoms with Crippen molar-refractivity contribution in [1.82, 2.24) is 0 Å². The maximum Gasteiger partial charge on any atom is 0.236 e. The summed E-state index contributed by atoms with van der Waals surface area (Å²) in [7, 11) is 1.72. The quantitative estimate of drug-likeness (QED) is 0.797. The average molecular weight is 277 g/mol. The van der Waals surface area contributed by atoms with Crippen LogP contribution in [0.15, 0.2) is 12.1 Å². The second kappa shape index (κ2) is 4.38. The molecule has 0 aromatic heterocycles. The summed E-state index contributed by atoms with van der Waals surface area (Å²) in [5.74, 6) is 1.23. The molecule has 0 radical (unpaired) electrons. The summed E-state index contributed by atoms with van der Waals surface area (Å²) in [6.45, 7) is 4.15. The molecule has 4 nitrogen and oxygen atoms in total. The number of halogens is 1. The van der Waals surface area contributed by atoms with Gasteiger partial charge in [-0.05, 0) is 29.2 Å². The van der Waals surface area contributed by atoms with E-state index in [1.807, 2.05) is 19.9 Å². The molecule has 2 rings (SSSR count). The molecule has 0 aliphatic carbocycles. The Morgan fingerprint density at radius 3 is 2.41 bits per heavy atom. The lowest BCUT2D eigenvalue weighted by Crippen LogP contribution is -2.01. The van der Waals surface area contributed by atoms with Crippen molar-refractivity contribution < 1.29 is 17.9 Å². The van der Waals surface area contributed by atoms with Crippen LogP contribution in [0.3, 0.4) is 0 Å². The van der Waals surface area contributed by atoms with Crippen molar-refractivity contribution in [3.05, 3.63) is 23.3 Å². The molecular formula is C11H13ClO4S. The third kappa shape index (κ3) is 2.84. The van der Waals surface area contributed by atoms with Crippen LogP contribution in [0.1, 0.15) is 30.9 Å². The molecular weight excluding hydrogens is 264 g/mol. The molecule has 0 saturated heterocycles. The van der Waals surface area contributed by atoms with Crippen LogP contribution in [0, 0.1) is 0 Å². The first-order valence-electron chi connectivity index (χ1n) is 5.21. The maximum absolute atomic E-state index is 11.2. The zero-order valence-electron chi connectivity index (χ0n) is 9.57. The smallest absolute Gasteiger partial charge is 0.236 e. The predicted molar refractivity (Wildman–Crippen MR) is 65.1 cm³/mol. The molecule has 1 aromatic carbocycles. The van der Waals surface area contributed by atoms with Crippen molar-refractivity contribution in [2.24, 2.45) is 0 Å². The molecule has 0 bridgehead atoms. The zero-order chi connectivity index (χ0) is 12.6. The third-order valence-corrected chi connectivity index (χ3v) is 3.57. The highest BCUT2D eigenvalue weighted by Crippen LogP contribution is 2.38. The van der Waals surface area contributed by atoms with Gasteiger partial charge in [0.2, 0.25) is 15.8 Å². The van der Waals surface area contributed by atoms with E-state index in [1.54, 1.807) is 6.07 Å². The van der Waals surface area contributed by atoms with E-state index in [1.165, 1.54) is 0 Å². The summed E-state index contributed by atoms with van der Waals surface area (Å²) in [5, 5.41) is 0. The van der Waals surface area contributed by atoms with Gasteiger partial charge < -0.3 is 9.47 Å². The van der Waals surface area contributed by atoms with Gasteiger partial charge in [0.05, 0.1) is 5.75 Å². The van der Waals surface area contributed by atoms with Crippen LogP contribution in [0.25, 0.3) is 0 Å². The molecule has 0 unspecified atom stereocenters. The first-order valence-corrected chi connectivity index (χ1v) is 7.69. The van der Waals surface area contributed by atoms with Gasteiger partial charge in [-0.3, -0.25) is 0 Å². The Morgan fingerprint density at radius 1 is 1.29 bits per heavy atom. The Hall–Kier alpha value is -0.940. The number of rotatable bonds is 3. The minimum absolute atomic E-state index is 0.171. The molecule has 6 heteroatoms. The van der Waals surface area contributed by atoms with Gasteiger partial charge in [-0.2, -0.15) is 0 Å². The van der Waals surface area contributed by atoms with Crippen LogP contribution >= 0.6 is 10.7 Å². The molecule has 94 valence electrons. The lowest BCUT2D eigenvalue weighted by Gasteiger charge is -2.12. The van der Waals surface area contributed by atoms with Crippen LogP contribution in [0.2, 0.25) is 0 Å². The summed E-state index contributed by atoms with van der Waals surface area (Å²) >= 11 is 0. The zero-order valence-corrected chi connectivity index (χ0v) is 11.1. The molecule has 1 aliphatic heterocycles. The number of benzene rings is 1. The van der Waals surface area contributed by atoms with E-state index >= 15 is 0 Å². The Morgan fingerprint density at radius 2 is 1.88 bits per heavy atom. The van der Waals surface area contributed by atoms with Crippen molar-refractivity contribution in [2.75, 3.05) is 6.79 Å². The van der Waals surface area contributed by atoms with Gasteiger partial charge in [-0.15, -0.1) is 0 Å². The molecule has 1 aromatic rings. The SMILES string of the molecule is CC(C)c1cc2c(cc1CS(=O)(=O)Cl)OCO2. The van der Waals surface area contributed by atoms with Gasteiger partial charge in [0.25, 0.3) is 0 Å². The number of hydrogen-bond acceptors (Lipinski definition) is 4. The summed E-state index contributed by atoms with van der Waals surface area (Å²) in [6, 6.07) is 3.52. The Balaban J connectivity index is 2.49. The maximum atomic E-state index is 11.2. The highest BCUT2D eigenvalue weighted by atomic mass is 35.7. The third-order valence-electron chi connectivity index (χ3n) is 2.58. The normalized spacial score (nSPS) is 14.4. The van der Waals surface area contributed by atoms with Gasteiger partial charge in [0.15, 0.2) is 11.5 Å². The minimum atomic E-state index is -3.57. The summed E-state index contributed by atoms with van der Waals surface area (Å²) in [5.41, 5.74) is 1.58. The highest BCUT2D eigenvalue weighted by molar-refractivity contribution is 8.13. The summed E-state index contributed by atoms with van der Waals surface area (Å²) in [6.07, 6.45) is 0. The number of hydrogen-bond donors (Lipinski definition) is 0. The van der Waals surface area contributed by atoms with Crippen LogP contribution in [0.5, 0.6) is 11.5 Å². The van der Waals surface area contributed by atoms with Crippen molar-refractivity contribution in [3.63, 3.8) is 0 Å².